The molecule has 0 saturated heterocycles. The van der Waals surface area contributed by atoms with Gasteiger partial charge < -0.3 is 4.74 Å². The van der Waals surface area contributed by atoms with Crippen LogP contribution in [0, 0.1) is 0 Å². The summed E-state index contributed by atoms with van der Waals surface area (Å²) >= 11 is 3.43. The van der Waals surface area contributed by atoms with Crippen molar-refractivity contribution in [2.45, 2.75) is 0 Å². The number of carbonyl (C=O) groups is 1. The van der Waals surface area contributed by atoms with Gasteiger partial charge in [-0.2, -0.15) is 5.10 Å². The quantitative estimate of drug-likeness (QED) is 0.255. The molecule has 0 amide bonds. The van der Waals surface area contributed by atoms with Crippen LogP contribution in [0.2, 0.25) is 0 Å². The molecule has 0 N–H and O–H groups in total. The first-order valence-electron chi connectivity index (χ1n) is 9.42. The molecule has 30 heavy (non-hydrogen) atoms. The topological polar surface area (TPSA) is 44.1 Å². The van der Waals surface area contributed by atoms with Gasteiger partial charge in [-0.1, -0.05) is 48.5 Å². The minimum Gasteiger partial charge on any atom is -0.496 e. The van der Waals surface area contributed by atoms with E-state index in [1.807, 2.05) is 77.6 Å². The smallest absolute Gasteiger partial charge is 0.185 e. The van der Waals surface area contributed by atoms with E-state index < -0.39 is 0 Å². The zero-order valence-corrected chi connectivity index (χ0v) is 17.9. The van der Waals surface area contributed by atoms with Gasteiger partial charge in [0.2, 0.25) is 0 Å². The number of hydrogen-bond donors (Lipinski definition) is 0. The van der Waals surface area contributed by atoms with E-state index in [2.05, 4.69) is 15.9 Å². The molecule has 0 radical (unpaired) electrons. The van der Waals surface area contributed by atoms with Crippen LogP contribution in [0.25, 0.3) is 23.0 Å². The Kier molecular flexibility index (Phi) is 5.91. The fourth-order valence-corrected chi connectivity index (χ4v) is 3.66. The van der Waals surface area contributed by atoms with E-state index in [4.69, 9.17) is 9.84 Å². The number of nitrogens with zero attached hydrogens (tertiary/aromatic N) is 2. The molecule has 148 valence electrons. The molecule has 0 saturated carbocycles. The van der Waals surface area contributed by atoms with E-state index in [1.54, 1.807) is 31.4 Å². The Bertz CT molecular complexity index is 1200. The monoisotopic (exact) mass is 458 g/mol. The zero-order valence-electron chi connectivity index (χ0n) is 16.3. The van der Waals surface area contributed by atoms with E-state index in [0.717, 1.165) is 27.0 Å². The number of ketones is 1. The summed E-state index contributed by atoms with van der Waals surface area (Å²) < 4.78 is 7.80. The first kappa shape index (κ1) is 19.9. The lowest BCUT2D eigenvalue weighted by Gasteiger charge is -2.04. The van der Waals surface area contributed by atoms with Gasteiger partial charge in [-0.15, -0.1) is 0 Å². The van der Waals surface area contributed by atoms with Crippen molar-refractivity contribution in [3.05, 3.63) is 107 Å². The molecule has 4 nitrogen and oxygen atoms in total. The van der Waals surface area contributed by atoms with Crippen molar-refractivity contribution < 1.29 is 9.53 Å². The first-order valence-corrected chi connectivity index (χ1v) is 10.2. The van der Waals surface area contributed by atoms with Crippen molar-refractivity contribution in [3.63, 3.8) is 0 Å². The molecular weight excluding hydrogens is 440 g/mol. The molecule has 0 bridgehead atoms. The number of hydrogen-bond acceptors (Lipinski definition) is 3. The van der Waals surface area contributed by atoms with Crippen LogP contribution in [0.4, 0.5) is 0 Å². The Morgan fingerprint density at radius 2 is 1.70 bits per heavy atom. The summed E-state index contributed by atoms with van der Waals surface area (Å²) in [4.78, 5) is 12.7. The largest absolute Gasteiger partial charge is 0.496 e. The van der Waals surface area contributed by atoms with Gasteiger partial charge in [-0.3, -0.25) is 4.79 Å². The maximum atomic E-state index is 12.7. The average Bonchev–Trinajstić information content (AvgIpc) is 3.23. The molecule has 0 aliphatic heterocycles. The van der Waals surface area contributed by atoms with Gasteiger partial charge in [0, 0.05) is 22.9 Å². The molecule has 0 aliphatic rings. The lowest BCUT2D eigenvalue weighted by atomic mass is 10.1. The van der Waals surface area contributed by atoms with Crippen molar-refractivity contribution in [1.82, 2.24) is 9.78 Å². The Labute approximate surface area is 183 Å². The SMILES string of the molecule is COc1ccc(C(=O)/C=C/c2cn(-c3ccccc3)nc2-c2ccccc2)cc1Br. The number of para-hydroxylation sites is 1. The van der Waals surface area contributed by atoms with E-state index in [0.29, 0.717) is 11.3 Å². The van der Waals surface area contributed by atoms with Crippen LogP contribution >= 0.6 is 15.9 Å². The van der Waals surface area contributed by atoms with Gasteiger partial charge in [0.15, 0.2) is 5.78 Å². The number of methoxy groups -OCH3 is 1. The van der Waals surface area contributed by atoms with Gasteiger partial charge in [-0.25, -0.2) is 4.68 Å². The maximum Gasteiger partial charge on any atom is 0.185 e. The molecule has 4 rings (SSSR count). The highest BCUT2D eigenvalue weighted by Crippen LogP contribution is 2.27. The van der Waals surface area contributed by atoms with E-state index >= 15 is 0 Å². The summed E-state index contributed by atoms with van der Waals surface area (Å²) in [5, 5.41) is 4.77. The summed E-state index contributed by atoms with van der Waals surface area (Å²) in [6.07, 6.45) is 5.33. The third-order valence-electron chi connectivity index (χ3n) is 4.66. The average molecular weight is 459 g/mol. The number of allylic oxidation sites excluding steroid dienone is 1. The second kappa shape index (κ2) is 8.93. The standard InChI is InChI=1S/C25H19BrN2O2/c1-30-24-15-13-19(16-22(24)26)23(29)14-12-20-17-28(21-10-6-3-7-11-21)27-25(20)18-8-4-2-5-9-18/h2-17H,1H3/b14-12+. The van der Waals surface area contributed by atoms with Crippen LogP contribution in [0.3, 0.4) is 0 Å². The Morgan fingerprint density at radius 1 is 1.00 bits per heavy atom. The van der Waals surface area contributed by atoms with Crippen molar-refractivity contribution >= 4 is 27.8 Å². The molecule has 0 unspecified atom stereocenters. The molecule has 0 aliphatic carbocycles. The minimum atomic E-state index is -0.0928. The predicted molar refractivity (Wildman–Crippen MR) is 123 cm³/mol. The van der Waals surface area contributed by atoms with Crippen LogP contribution < -0.4 is 4.74 Å². The molecule has 5 heteroatoms. The summed E-state index contributed by atoms with van der Waals surface area (Å²) in [5.41, 5.74) is 4.22. The summed E-state index contributed by atoms with van der Waals surface area (Å²) in [6.45, 7) is 0. The first-order chi connectivity index (χ1) is 14.7. The van der Waals surface area contributed by atoms with Crippen molar-refractivity contribution in [1.29, 1.82) is 0 Å². The zero-order chi connectivity index (χ0) is 20.9. The lowest BCUT2D eigenvalue weighted by molar-refractivity contribution is 0.104. The highest BCUT2D eigenvalue weighted by Gasteiger charge is 2.11. The lowest BCUT2D eigenvalue weighted by Crippen LogP contribution is -1.95. The van der Waals surface area contributed by atoms with E-state index in [-0.39, 0.29) is 5.78 Å². The van der Waals surface area contributed by atoms with Crippen LogP contribution in [0.15, 0.2) is 95.6 Å². The highest BCUT2D eigenvalue weighted by molar-refractivity contribution is 9.10. The predicted octanol–water partition coefficient (Wildman–Crippen LogP) is 6.21. The molecule has 4 aromatic rings. The number of aromatic nitrogens is 2. The fourth-order valence-electron chi connectivity index (χ4n) is 3.12. The number of ether oxygens (including phenoxy) is 1. The third kappa shape index (κ3) is 4.26. The summed E-state index contributed by atoms with van der Waals surface area (Å²) in [5.74, 6) is 0.593. The van der Waals surface area contributed by atoms with Crippen LogP contribution in [0.5, 0.6) is 5.75 Å². The van der Waals surface area contributed by atoms with Crippen molar-refractivity contribution in [2.24, 2.45) is 0 Å². The van der Waals surface area contributed by atoms with Crippen LogP contribution in [-0.4, -0.2) is 22.7 Å². The molecule has 0 atom stereocenters. The molecule has 1 aromatic heterocycles. The molecule has 1 heterocycles. The molecule has 0 spiro atoms. The van der Waals surface area contributed by atoms with Gasteiger partial charge in [-0.05, 0) is 58.4 Å². The van der Waals surface area contributed by atoms with Crippen molar-refractivity contribution in [3.8, 4) is 22.7 Å². The Balaban J connectivity index is 1.69. The highest BCUT2D eigenvalue weighted by atomic mass is 79.9. The van der Waals surface area contributed by atoms with E-state index in [1.165, 1.54) is 0 Å². The second-order valence-electron chi connectivity index (χ2n) is 6.63. The van der Waals surface area contributed by atoms with Gasteiger partial charge in [0.1, 0.15) is 5.75 Å². The molecular formula is C25H19BrN2O2. The van der Waals surface area contributed by atoms with Crippen LogP contribution in [0.1, 0.15) is 15.9 Å². The maximum absolute atomic E-state index is 12.7. The Morgan fingerprint density at radius 3 is 2.37 bits per heavy atom. The normalized spacial score (nSPS) is 11.0. The third-order valence-corrected chi connectivity index (χ3v) is 5.28. The summed E-state index contributed by atoms with van der Waals surface area (Å²) in [7, 11) is 1.59. The number of halogens is 1. The molecule has 0 fully saturated rings. The van der Waals surface area contributed by atoms with E-state index in [9.17, 15) is 4.79 Å². The van der Waals surface area contributed by atoms with Gasteiger partial charge >= 0.3 is 0 Å². The fraction of sp³-hybridized carbons (Fsp3) is 0.0400. The Hall–Kier alpha value is -3.44. The van der Waals surface area contributed by atoms with Gasteiger partial charge in [0.05, 0.1) is 23.0 Å². The number of benzene rings is 3. The molecule has 3 aromatic carbocycles. The summed E-state index contributed by atoms with van der Waals surface area (Å²) in [6, 6.07) is 25.1. The van der Waals surface area contributed by atoms with Gasteiger partial charge in [0.25, 0.3) is 0 Å². The number of carbonyl (C=O) groups excluding carboxylic acids is 1. The minimum absolute atomic E-state index is 0.0928. The number of rotatable bonds is 6. The second-order valence-corrected chi connectivity index (χ2v) is 7.48. The van der Waals surface area contributed by atoms with Crippen LogP contribution in [-0.2, 0) is 0 Å². The van der Waals surface area contributed by atoms with Crippen molar-refractivity contribution in [2.75, 3.05) is 7.11 Å².